The number of rotatable bonds is 7. The van der Waals surface area contributed by atoms with Crippen molar-refractivity contribution in [3.05, 3.63) is 53.8 Å². The van der Waals surface area contributed by atoms with Gasteiger partial charge >= 0.3 is 6.03 Å². The van der Waals surface area contributed by atoms with E-state index in [1.165, 1.54) is 24.3 Å². The van der Waals surface area contributed by atoms with Crippen molar-refractivity contribution in [1.82, 2.24) is 5.32 Å². The van der Waals surface area contributed by atoms with Crippen LogP contribution in [0.25, 0.3) is 0 Å². The smallest absolute Gasteiger partial charge is 0.319 e. The summed E-state index contributed by atoms with van der Waals surface area (Å²) in [5.74, 6) is 1.03. The molecule has 0 fully saturated rings. The van der Waals surface area contributed by atoms with E-state index in [1.807, 2.05) is 25.1 Å². The maximum atomic E-state index is 12.8. The Labute approximate surface area is 140 Å². The van der Waals surface area contributed by atoms with Crippen molar-refractivity contribution < 1.29 is 18.7 Å². The molecule has 0 unspecified atom stereocenters. The molecule has 5 nitrogen and oxygen atoms in total. The molecular weight excluding hydrogens is 311 g/mol. The summed E-state index contributed by atoms with van der Waals surface area (Å²) in [4.78, 5) is 11.8. The molecule has 0 saturated heterocycles. The Hall–Kier alpha value is -2.76. The summed E-state index contributed by atoms with van der Waals surface area (Å²) in [6, 6.07) is 11.0. The van der Waals surface area contributed by atoms with Crippen LogP contribution in [0.4, 0.5) is 14.9 Å². The first-order valence-corrected chi connectivity index (χ1v) is 7.72. The molecule has 2 aromatic carbocycles. The highest BCUT2D eigenvalue weighted by Gasteiger charge is 2.06. The Bertz CT molecular complexity index is 674. The van der Waals surface area contributed by atoms with E-state index < -0.39 is 0 Å². The second-order valence-corrected chi connectivity index (χ2v) is 5.06. The number of hydrogen-bond donors (Lipinski definition) is 2. The quantitative estimate of drug-likeness (QED) is 0.814. The van der Waals surface area contributed by atoms with Crippen molar-refractivity contribution in [2.24, 2.45) is 0 Å². The summed E-state index contributed by atoms with van der Waals surface area (Å²) in [5, 5.41) is 5.40. The zero-order chi connectivity index (χ0) is 17.4. The zero-order valence-corrected chi connectivity index (χ0v) is 13.8. The lowest BCUT2D eigenvalue weighted by molar-refractivity contribution is 0.252. The molecule has 2 aromatic rings. The summed E-state index contributed by atoms with van der Waals surface area (Å²) >= 11 is 0. The Morgan fingerprint density at radius 1 is 1.12 bits per heavy atom. The van der Waals surface area contributed by atoms with Gasteiger partial charge in [-0.05, 0) is 55.3 Å². The minimum atomic E-state index is -0.342. The Morgan fingerprint density at radius 2 is 1.88 bits per heavy atom. The number of hydrogen-bond acceptors (Lipinski definition) is 3. The summed E-state index contributed by atoms with van der Waals surface area (Å²) < 4.78 is 23.6. The standard InChI is InChI=1S/C18H21FN2O3/c1-3-24-16-9-4-13(12-17(16)23-2)10-11-20-18(22)21-15-7-5-14(19)6-8-15/h4-9,12H,3,10-11H2,1-2H3,(H2,20,21,22). The molecule has 24 heavy (non-hydrogen) atoms. The fraction of sp³-hybridized carbons (Fsp3) is 0.278. The molecule has 0 saturated carbocycles. The van der Waals surface area contributed by atoms with Crippen LogP contribution < -0.4 is 20.1 Å². The van der Waals surface area contributed by atoms with Crippen molar-refractivity contribution in [2.45, 2.75) is 13.3 Å². The van der Waals surface area contributed by atoms with Crippen LogP contribution in [0.1, 0.15) is 12.5 Å². The molecule has 0 radical (unpaired) electrons. The molecule has 0 aliphatic rings. The molecule has 2 N–H and O–H groups in total. The number of halogens is 1. The molecule has 128 valence electrons. The van der Waals surface area contributed by atoms with Gasteiger partial charge in [0.25, 0.3) is 0 Å². The zero-order valence-electron chi connectivity index (χ0n) is 13.8. The number of amides is 2. The first kappa shape index (κ1) is 17.6. The van der Waals surface area contributed by atoms with Gasteiger partial charge in [0.05, 0.1) is 13.7 Å². The minimum Gasteiger partial charge on any atom is -0.493 e. The van der Waals surface area contributed by atoms with Crippen molar-refractivity contribution >= 4 is 11.7 Å². The number of benzene rings is 2. The topological polar surface area (TPSA) is 59.6 Å². The number of nitrogens with one attached hydrogen (secondary N) is 2. The average molecular weight is 332 g/mol. The van der Waals surface area contributed by atoms with Crippen molar-refractivity contribution in [2.75, 3.05) is 25.6 Å². The van der Waals surface area contributed by atoms with Crippen LogP contribution in [0.3, 0.4) is 0 Å². The van der Waals surface area contributed by atoms with Gasteiger partial charge in [-0.2, -0.15) is 0 Å². The fourth-order valence-corrected chi connectivity index (χ4v) is 2.17. The highest BCUT2D eigenvalue weighted by Crippen LogP contribution is 2.28. The largest absolute Gasteiger partial charge is 0.493 e. The van der Waals surface area contributed by atoms with E-state index in [9.17, 15) is 9.18 Å². The molecule has 0 heterocycles. The Balaban J connectivity index is 1.82. The Morgan fingerprint density at radius 3 is 2.54 bits per heavy atom. The highest BCUT2D eigenvalue weighted by molar-refractivity contribution is 5.89. The van der Waals surface area contributed by atoms with Crippen LogP contribution in [0.15, 0.2) is 42.5 Å². The van der Waals surface area contributed by atoms with Gasteiger partial charge in [-0.25, -0.2) is 9.18 Å². The van der Waals surface area contributed by atoms with E-state index in [0.717, 1.165) is 5.56 Å². The number of carbonyl (C=O) groups excluding carboxylic acids is 1. The van der Waals surface area contributed by atoms with Gasteiger partial charge in [0.2, 0.25) is 0 Å². The first-order valence-electron chi connectivity index (χ1n) is 7.72. The number of urea groups is 1. The van der Waals surface area contributed by atoms with Gasteiger partial charge in [0.15, 0.2) is 11.5 Å². The van der Waals surface area contributed by atoms with Crippen LogP contribution in [0.2, 0.25) is 0 Å². The second-order valence-electron chi connectivity index (χ2n) is 5.06. The monoisotopic (exact) mass is 332 g/mol. The molecule has 0 aliphatic heterocycles. The summed E-state index contributed by atoms with van der Waals surface area (Å²) in [6.45, 7) is 2.95. The van der Waals surface area contributed by atoms with Gasteiger partial charge in [0.1, 0.15) is 5.82 Å². The van der Waals surface area contributed by atoms with Gasteiger partial charge < -0.3 is 20.1 Å². The third-order valence-corrected chi connectivity index (χ3v) is 3.33. The van der Waals surface area contributed by atoms with Crippen LogP contribution in [-0.2, 0) is 6.42 Å². The summed E-state index contributed by atoms with van der Waals surface area (Å²) in [6.07, 6.45) is 0.652. The lowest BCUT2D eigenvalue weighted by Gasteiger charge is -2.11. The van der Waals surface area contributed by atoms with Gasteiger partial charge in [-0.3, -0.25) is 0 Å². The van der Waals surface area contributed by atoms with Crippen LogP contribution in [-0.4, -0.2) is 26.3 Å². The molecular formula is C18H21FN2O3. The van der Waals surface area contributed by atoms with E-state index in [0.29, 0.717) is 36.8 Å². The predicted octanol–water partition coefficient (Wildman–Crippen LogP) is 3.60. The van der Waals surface area contributed by atoms with E-state index in [4.69, 9.17) is 9.47 Å². The van der Waals surface area contributed by atoms with Crippen molar-refractivity contribution in [1.29, 1.82) is 0 Å². The number of ether oxygens (including phenoxy) is 2. The van der Waals surface area contributed by atoms with Gasteiger partial charge in [-0.1, -0.05) is 6.07 Å². The second kappa shape index (κ2) is 8.76. The van der Waals surface area contributed by atoms with Crippen molar-refractivity contribution in [3.8, 4) is 11.5 Å². The molecule has 2 amide bonds. The number of carbonyl (C=O) groups is 1. The van der Waals surface area contributed by atoms with Gasteiger partial charge in [0, 0.05) is 12.2 Å². The normalized spacial score (nSPS) is 10.1. The SMILES string of the molecule is CCOc1ccc(CCNC(=O)Nc2ccc(F)cc2)cc1OC. The highest BCUT2D eigenvalue weighted by atomic mass is 19.1. The fourth-order valence-electron chi connectivity index (χ4n) is 2.17. The number of anilines is 1. The van der Waals surface area contributed by atoms with E-state index in [1.54, 1.807) is 7.11 Å². The molecule has 0 atom stereocenters. The molecule has 2 rings (SSSR count). The maximum Gasteiger partial charge on any atom is 0.319 e. The summed E-state index contributed by atoms with van der Waals surface area (Å²) in [7, 11) is 1.59. The molecule has 0 spiro atoms. The lowest BCUT2D eigenvalue weighted by Crippen LogP contribution is -2.30. The Kier molecular flexibility index (Phi) is 6.42. The average Bonchev–Trinajstić information content (AvgIpc) is 2.58. The summed E-state index contributed by atoms with van der Waals surface area (Å²) in [5.41, 5.74) is 1.56. The molecule has 0 bridgehead atoms. The first-order chi connectivity index (χ1) is 11.6. The minimum absolute atomic E-state index is 0.334. The van der Waals surface area contributed by atoms with Crippen molar-refractivity contribution in [3.63, 3.8) is 0 Å². The lowest BCUT2D eigenvalue weighted by atomic mass is 10.1. The van der Waals surface area contributed by atoms with Crippen LogP contribution >= 0.6 is 0 Å². The molecule has 6 heteroatoms. The van der Waals surface area contributed by atoms with E-state index in [2.05, 4.69) is 10.6 Å². The molecule has 0 aliphatic carbocycles. The van der Waals surface area contributed by atoms with E-state index in [-0.39, 0.29) is 11.8 Å². The number of methoxy groups -OCH3 is 1. The molecule has 0 aromatic heterocycles. The van der Waals surface area contributed by atoms with Crippen LogP contribution in [0, 0.1) is 5.82 Å². The third kappa shape index (κ3) is 5.15. The van der Waals surface area contributed by atoms with E-state index >= 15 is 0 Å². The maximum absolute atomic E-state index is 12.8. The van der Waals surface area contributed by atoms with Gasteiger partial charge in [-0.15, -0.1) is 0 Å². The van der Waals surface area contributed by atoms with Crippen LogP contribution in [0.5, 0.6) is 11.5 Å². The predicted molar refractivity (Wildman–Crippen MR) is 91.3 cm³/mol. The third-order valence-electron chi connectivity index (χ3n) is 3.33.